The molecule has 0 saturated heterocycles. The minimum atomic E-state index is -0.628. The van der Waals surface area contributed by atoms with Crippen molar-refractivity contribution in [2.45, 2.75) is 6.54 Å². The number of benzene rings is 2. The maximum atomic E-state index is 13.6. The first kappa shape index (κ1) is 13.9. The highest BCUT2D eigenvalue weighted by Crippen LogP contribution is 2.13. The smallest absolute Gasteiger partial charge is 0.254 e. The molecule has 2 rings (SSSR count). The fraction of sp³-hybridized carbons (Fsp3) is 0.133. The minimum absolute atomic E-state index is 0.0206. The summed E-state index contributed by atoms with van der Waals surface area (Å²) in [5, 5.41) is 2.65. The van der Waals surface area contributed by atoms with E-state index in [1.807, 2.05) is 12.1 Å². The number of nitrogens with one attached hydrogen (secondary N) is 1. The lowest BCUT2D eigenvalue weighted by molar-refractivity contribution is 0.0947. The van der Waals surface area contributed by atoms with Crippen molar-refractivity contribution in [3.8, 4) is 5.75 Å². The van der Waals surface area contributed by atoms with Gasteiger partial charge in [-0.1, -0.05) is 12.1 Å². The summed E-state index contributed by atoms with van der Waals surface area (Å²) in [6.07, 6.45) is 0. The first-order valence-electron chi connectivity index (χ1n) is 6.06. The van der Waals surface area contributed by atoms with Crippen LogP contribution in [0.3, 0.4) is 0 Å². The van der Waals surface area contributed by atoms with Gasteiger partial charge < -0.3 is 15.8 Å². The summed E-state index contributed by atoms with van der Waals surface area (Å²) < 4.78 is 18.6. The van der Waals surface area contributed by atoms with Gasteiger partial charge in [-0.15, -0.1) is 0 Å². The Balaban J connectivity index is 2.00. The molecule has 0 aromatic heterocycles. The zero-order chi connectivity index (χ0) is 14.5. The van der Waals surface area contributed by atoms with E-state index in [0.717, 1.165) is 17.4 Å². The second-order valence-corrected chi connectivity index (χ2v) is 4.27. The Labute approximate surface area is 116 Å². The molecule has 0 fully saturated rings. The molecule has 4 nitrogen and oxygen atoms in total. The third-order valence-corrected chi connectivity index (χ3v) is 2.85. The Kier molecular flexibility index (Phi) is 4.20. The van der Waals surface area contributed by atoms with Gasteiger partial charge in [-0.05, 0) is 35.9 Å². The van der Waals surface area contributed by atoms with Crippen LogP contribution < -0.4 is 15.8 Å². The van der Waals surface area contributed by atoms with E-state index in [9.17, 15) is 9.18 Å². The van der Waals surface area contributed by atoms with Crippen LogP contribution in [0.1, 0.15) is 15.9 Å². The van der Waals surface area contributed by atoms with Gasteiger partial charge in [0.2, 0.25) is 0 Å². The lowest BCUT2D eigenvalue weighted by Crippen LogP contribution is -2.23. The molecular weight excluding hydrogens is 259 g/mol. The molecule has 0 heterocycles. The van der Waals surface area contributed by atoms with Crippen molar-refractivity contribution in [1.29, 1.82) is 0 Å². The molecule has 2 aromatic rings. The number of anilines is 1. The van der Waals surface area contributed by atoms with E-state index >= 15 is 0 Å². The van der Waals surface area contributed by atoms with E-state index in [1.165, 1.54) is 12.1 Å². The summed E-state index contributed by atoms with van der Waals surface area (Å²) in [5.74, 6) is -0.361. The first-order chi connectivity index (χ1) is 9.60. The number of nitrogen functional groups attached to an aromatic ring is 1. The van der Waals surface area contributed by atoms with Crippen LogP contribution in [0.15, 0.2) is 42.5 Å². The fourth-order valence-corrected chi connectivity index (χ4v) is 1.74. The molecule has 104 valence electrons. The van der Waals surface area contributed by atoms with E-state index in [0.29, 0.717) is 6.54 Å². The standard InChI is InChI=1S/C15H15FN2O2/c1-20-12-5-2-10(3-6-12)9-18-15(19)13-7-4-11(17)8-14(13)16/h2-8H,9,17H2,1H3,(H,18,19). The largest absolute Gasteiger partial charge is 0.497 e. The summed E-state index contributed by atoms with van der Waals surface area (Å²) in [4.78, 5) is 11.9. The van der Waals surface area contributed by atoms with Crippen molar-refractivity contribution in [3.63, 3.8) is 0 Å². The van der Waals surface area contributed by atoms with E-state index < -0.39 is 11.7 Å². The quantitative estimate of drug-likeness (QED) is 0.841. The highest BCUT2D eigenvalue weighted by molar-refractivity contribution is 5.94. The SMILES string of the molecule is COc1ccc(CNC(=O)c2ccc(N)cc2F)cc1. The molecule has 3 N–H and O–H groups in total. The van der Waals surface area contributed by atoms with Crippen LogP contribution >= 0.6 is 0 Å². The first-order valence-corrected chi connectivity index (χ1v) is 6.06. The van der Waals surface area contributed by atoms with Crippen molar-refractivity contribution in [2.24, 2.45) is 0 Å². The van der Waals surface area contributed by atoms with Gasteiger partial charge in [0, 0.05) is 12.2 Å². The second kappa shape index (κ2) is 6.06. The summed E-state index contributed by atoms with van der Waals surface area (Å²) in [6, 6.07) is 11.2. The fourth-order valence-electron chi connectivity index (χ4n) is 1.74. The normalized spacial score (nSPS) is 10.1. The number of ether oxygens (including phenoxy) is 1. The number of rotatable bonds is 4. The number of halogens is 1. The maximum absolute atomic E-state index is 13.6. The van der Waals surface area contributed by atoms with Gasteiger partial charge >= 0.3 is 0 Å². The van der Waals surface area contributed by atoms with Crippen LogP contribution in [-0.2, 0) is 6.54 Å². The Hall–Kier alpha value is -2.56. The summed E-state index contributed by atoms with van der Waals surface area (Å²) in [7, 11) is 1.58. The molecule has 0 aliphatic carbocycles. The van der Waals surface area contributed by atoms with Crippen molar-refractivity contribution < 1.29 is 13.9 Å². The molecule has 1 amide bonds. The van der Waals surface area contributed by atoms with Crippen LogP contribution in [-0.4, -0.2) is 13.0 Å². The number of amides is 1. The maximum Gasteiger partial charge on any atom is 0.254 e. The summed E-state index contributed by atoms with van der Waals surface area (Å²) >= 11 is 0. The van der Waals surface area contributed by atoms with Crippen LogP contribution in [0, 0.1) is 5.82 Å². The number of methoxy groups -OCH3 is 1. The number of hydrogen-bond donors (Lipinski definition) is 2. The van der Waals surface area contributed by atoms with Gasteiger partial charge in [0.05, 0.1) is 12.7 Å². The third-order valence-electron chi connectivity index (χ3n) is 2.85. The van der Waals surface area contributed by atoms with Gasteiger partial charge in [-0.25, -0.2) is 4.39 Å². The molecule has 2 aromatic carbocycles. The molecule has 5 heteroatoms. The third kappa shape index (κ3) is 3.26. The molecule has 0 bridgehead atoms. The summed E-state index contributed by atoms with van der Waals surface area (Å²) in [5.41, 5.74) is 6.60. The van der Waals surface area contributed by atoms with Gasteiger partial charge in [0.1, 0.15) is 11.6 Å². The Morgan fingerprint density at radius 3 is 2.55 bits per heavy atom. The van der Waals surface area contributed by atoms with Gasteiger partial charge in [0.15, 0.2) is 0 Å². The second-order valence-electron chi connectivity index (χ2n) is 4.27. The van der Waals surface area contributed by atoms with E-state index in [-0.39, 0.29) is 11.3 Å². The van der Waals surface area contributed by atoms with E-state index in [2.05, 4.69) is 5.32 Å². The van der Waals surface area contributed by atoms with Gasteiger partial charge in [-0.2, -0.15) is 0 Å². The predicted octanol–water partition coefficient (Wildman–Crippen LogP) is 2.35. The highest BCUT2D eigenvalue weighted by atomic mass is 19.1. The molecule has 0 aliphatic rings. The predicted molar refractivity (Wildman–Crippen MR) is 75.0 cm³/mol. The Morgan fingerprint density at radius 1 is 1.25 bits per heavy atom. The van der Waals surface area contributed by atoms with Crippen molar-refractivity contribution in [2.75, 3.05) is 12.8 Å². The molecular formula is C15H15FN2O2. The van der Waals surface area contributed by atoms with Gasteiger partial charge in [-0.3, -0.25) is 4.79 Å². The van der Waals surface area contributed by atoms with Crippen LogP contribution in [0.5, 0.6) is 5.75 Å². The van der Waals surface area contributed by atoms with Crippen molar-refractivity contribution >= 4 is 11.6 Å². The number of nitrogens with two attached hydrogens (primary N) is 1. The zero-order valence-corrected chi connectivity index (χ0v) is 11.0. The topological polar surface area (TPSA) is 64.3 Å². The lowest BCUT2D eigenvalue weighted by atomic mass is 10.1. The molecule has 20 heavy (non-hydrogen) atoms. The van der Waals surface area contributed by atoms with Crippen LogP contribution in [0.2, 0.25) is 0 Å². The molecule has 0 radical (unpaired) electrons. The van der Waals surface area contributed by atoms with Crippen LogP contribution in [0.4, 0.5) is 10.1 Å². The molecule has 0 unspecified atom stereocenters. The minimum Gasteiger partial charge on any atom is -0.497 e. The number of carbonyl (C=O) groups is 1. The number of carbonyl (C=O) groups excluding carboxylic acids is 1. The summed E-state index contributed by atoms with van der Waals surface area (Å²) in [6.45, 7) is 0.312. The Bertz CT molecular complexity index is 612. The van der Waals surface area contributed by atoms with Crippen LogP contribution in [0.25, 0.3) is 0 Å². The van der Waals surface area contributed by atoms with E-state index in [4.69, 9.17) is 10.5 Å². The van der Waals surface area contributed by atoms with Crippen molar-refractivity contribution in [1.82, 2.24) is 5.32 Å². The van der Waals surface area contributed by atoms with Gasteiger partial charge in [0.25, 0.3) is 5.91 Å². The highest BCUT2D eigenvalue weighted by Gasteiger charge is 2.11. The molecule has 0 atom stereocenters. The molecule has 0 spiro atoms. The average Bonchev–Trinajstić information content (AvgIpc) is 2.45. The number of hydrogen-bond acceptors (Lipinski definition) is 3. The average molecular weight is 274 g/mol. The molecule has 0 saturated carbocycles. The Morgan fingerprint density at radius 2 is 1.95 bits per heavy atom. The zero-order valence-electron chi connectivity index (χ0n) is 11.0. The van der Waals surface area contributed by atoms with Crippen molar-refractivity contribution in [3.05, 3.63) is 59.4 Å². The van der Waals surface area contributed by atoms with E-state index in [1.54, 1.807) is 19.2 Å². The lowest BCUT2D eigenvalue weighted by Gasteiger charge is -2.07. The molecule has 0 aliphatic heterocycles. The monoisotopic (exact) mass is 274 g/mol.